The summed E-state index contributed by atoms with van der Waals surface area (Å²) in [5.74, 6) is -1.14. The Morgan fingerprint density at radius 1 is 1.00 bits per heavy atom. The number of benzene rings is 1. The topological polar surface area (TPSA) is 92.8 Å². The Morgan fingerprint density at radius 2 is 1.43 bits per heavy atom. The third-order valence-corrected chi connectivity index (χ3v) is 4.00. The molecule has 0 saturated heterocycles. The predicted octanol–water partition coefficient (Wildman–Crippen LogP) is 3.31. The smallest absolute Gasteiger partial charge is 0.247 e. The Kier molecular flexibility index (Phi) is 3.87. The molecule has 0 fully saturated rings. The lowest BCUT2D eigenvalue weighted by Gasteiger charge is -2.29. The maximum Gasteiger partial charge on any atom is 0.247 e. The molecular weight excluding hydrogens is 294 g/mol. The number of carbonyl (C=O) groups excluding carboxylic acids is 1. The number of hydrogen-bond acceptors (Lipinski definition) is 5. The monoisotopic (exact) mass is 319 g/mol. The highest BCUT2D eigenvalue weighted by molar-refractivity contribution is 5.99. The van der Waals surface area contributed by atoms with E-state index in [1.165, 1.54) is 0 Å². The summed E-state index contributed by atoms with van der Waals surface area (Å²) in [6.45, 7) is 11.9. The fourth-order valence-corrected chi connectivity index (χ4v) is 2.65. The number of rotatable bonds is 1. The van der Waals surface area contributed by atoms with Crippen molar-refractivity contribution in [2.75, 3.05) is 0 Å². The first-order chi connectivity index (χ1) is 10.3. The van der Waals surface area contributed by atoms with Gasteiger partial charge in [-0.15, -0.1) is 0 Å². The number of carbonyl (C=O) groups is 1. The van der Waals surface area contributed by atoms with Gasteiger partial charge in [-0.05, 0) is 34.1 Å². The summed E-state index contributed by atoms with van der Waals surface area (Å²) in [5, 5.41) is 20.3. The number of nitrogens with two attached hydrogens (primary N) is 1. The number of ether oxygens (including phenoxy) is 1. The Balaban J connectivity index is 2.65. The van der Waals surface area contributed by atoms with Crippen molar-refractivity contribution in [1.82, 2.24) is 0 Å². The van der Waals surface area contributed by atoms with Crippen LogP contribution in [0.15, 0.2) is 23.8 Å². The number of aliphatic hydroxyl groups excluding tert-OH is 1. The molecule has 1 aromatic rings. The second kappa shape index (κ2) is 5.18. The predicted molar refractivity (Wildman–Crippen MR) is 88.2 cm³/mol. The molecule has 0 aliphatic carbocycles. The second-order valence-electron chi connectivity index (χ2n) is 8.04. The van der Waals surface area contributed by atoms with Crippen LogP contribution in [0.25, 0.3) is 0 Å². The van der Waals surface area contributed by atoms with Crippen LogP contribution in [-0.4, -0.2) is 16.0 Å². The Morgan fingerprint density at radius 3 is 1.74 bits per heavy atom. The lowest BCUT2D eigenvalue weighted by atomic mass is 9.77. The van der Waals surface area contributed by atoms with Crippen LogP contribution in [0.1, 0.15) is 64.3 Å². The minimum atomic E-state index is -0.974. The van der Waals surface area contributed by atoms with Gasteiger partial charge in [-0.3, -0.25) is 4.79 Å². The van der Waals surface area contributed by atoms with Gasteiger partial charge in [-0.25, -0.2) is 0 Å². The van der Waals surface area contributed by atoms with Gasteiger partial charge in [0.05, 0.1) is 0 Å². The lowest BCUT2D eigenvalue weighted by Crippen LogP contribution is -2.20. The molecular formula is C18H25NO4. The van der Waals surface area contributed by atoms with E-state index in [2.05, 4.69) is 0 Å². The fraction of sp³-hybridized carbons (Fsp3) is 0.500. The molecule has 5 nitrogen and oxygen atoms in total. The molecule has 5 heteroatoms. The molecule has 0 spiro atoms. The van der Waals surface area contributed by atoms with E-state index in [1.54, 1.807) is 12.1 Å². The summed E-state index contributed by atoms with van der Waals surface area (Å²) in [7, 11) is 0. The van der Waals surface area contributed by atoms with Gasteiger partial charge in [0.25, 0.3) is 0 Å². The first kappa shape index (κ1) is 17.2. The van der Waals surface area contributed by atoms with Crippen LogP contribution in [0, 0.1) is 0 Å². The normalized spacial score (nSPS) is 19.2. The van der Waals surface area contributed by atoms with E-state index in [-0.39, 0.29) is 22.5 Å². The van der Waals surface area contributed by atoms with Crippen LogP contribution in [0.4, 0.5) is 0 Å². The van der Waals surface area contributed by atoms with Crippen LogP contribution in [0.3, 0.4) is 0 Å². The van der Waals surface area contributed by atoms with Crippen LogP contribution in [0.5, 0.6) is 5.75 Å². The van der Waals surface area contributed by atoms with E-state index < -0.39 is 17.6 Å². The third kappa shape index (κ3) is 3.00. The highest BCUT2D eigenvalue weighted by Gasteiger charge is 2.37. The summed E-state index contributed by atoms with van der Waals surface area (Å²) in [6.07, 6.45) is -0.974. The van der Waals surface area contributed by atoms with E-state index in [0.717, 1.165) is 11.1 Å². The number of phenols is 1. The highest BCUT2D eigenvalue weighted by atomic mass is 16.5. The second-order valence-corrected chi connectivity index (χ2v) is 8.04. The van der Waals surface area contributed by atoms with Gasteiger partial charge in [0.1, 0.15) is 5.75 Å². The number of ketones is 1. The standard InChI is InChI=1S/C18H25NO4/c1-17(2,3)10-7-9(8-11(12(10)20)18(4,5)6)15-13(21)14(22)16(19)23-15/h7-8,15,20,22H,19H2,1-6H3/t15-/m1/s1. The minimum Gasteiger partial charge on any atom is -0.507 e. The minimum absolute atomic E-state index is 0.226. The molecule has 0 saturated carbocycles. The molecule has 4 N–H and O–H groups in total. The van der Waals surface area contributed by atoms with Gasteiger partial charge in [0.15, 0.2) is 6.10 Å². The van der Waals surface area contributed by atoms with Gasteiger partial charge < -0.3 is 20.7 Å². The van der Waals surface area contributed by atoms with E-state index in [4.69, 9.17) is 10.5 Å². The molecule has 126 valence electrons. The molecule has 1 heterocycles. The third-order valence-electron chi connectivity index (χ3n) is 4.00. The van der Waals surface area contributed by atoms with Crippen LogP contribution >= 0.6 is 0 Å². The number of hydrogen-bond donors (Lipinski definition) is 3. The van der Waals surface area contributed by atoms with Crippen molar-refractivity contribution in [3.8, 4) is 5.75 Å². The van der Waals surface area contributed by atoms with Gasteiger partial charge in [-0.2, -0.15) is 0 Å². The summed E-state index contributed by atoms with van der Waals surface area (Å²) in [5.41, 5.74) is 6.90. The average molecular weight is 319 g/mol. The molecule has 0 unspecified atom stereocenters. The number of phenolic OH excluding ortho intramolecular Hbond substituents is 1. The van der Waals surface area contributed by atoms with Crippen molar-refractivity contribution < 1.29 is 19.7 Å². The van der Waals surface area contributed by atoms with Crippen LogP contribution in [0.2, 0.25) is 0 Å². The van der Waals surface area contributed by atoms with Gasteiger partial charge in [0.2, 0.25) is 17.4 Å². The van der Waals surface area contributed by atoms with E-state index in [0.29, 0.717) is 5.56 Å². The van der Waals surface area contributed by atoms with Crippen molar-refractivity contribution in [1.29, 1.82) is 0 Å². The average Bonchev–Trinajstić information content (AvgIpc) is 2.64. The molecule has 1 aromatic carbocycles. The summed E-state index contributed by atoms with van der Waals surface area (Å²) in [6, 6.07) is 3.50. The molecule has 23 heavy (non-hydrogen) atoms. The summed E-state index contributed by atoms with van der Waals surface area (Å²) >= 11 is 0. The Labute approximate surface area is 136 Å². The van der Waals surface area contributed by atoms with Gasteiger partial charge in [-0.1, -0.05) is 41.5 Å². The number of aromatic hydroxyl groups is 1. The van der Waals surface area contributed by atoms with Crippen molar-refractivity contribution in [2.24, 2.45) is 5.73 Å². The van der Waals surface area contributed by atoms with Crippen molar-refractivity contribution in [2.45, 2.75) is 58.5 Å². The molecule has 0 aromatic heterocycles. The van der Waals surface area contributed by atoms with Crippen LogP contribution in [-0.2, 0) is 20.4 Å². The molecule has 1 aliphatic heterocycles. The van der Waals surface area contributed by atoms with Gasteiger partial charge in [0, 0.05) is 5.56 Å². The molecule has 2 rings (SSSR count). The van der Waals surface area contributed by atoms with Gasteiger partial charge >= 0.3 is 0 Å². The van der Waals surface area contributed by atoms with Crippen LogP contribution < -0.4 is 5.73 Å². The highest BCUT2D eigenvalue weighted by Crippen LogP contribution is 2.42. The number of aliphatic hydroxyl groups is 1. The molecule has 1 aliphatic rings. The summed E-state index contributed by atoms with van der Waals surface area (Å²) in [4.78, 5) is 12.1. The molecule has 0 amide bonds. The zero-order valence-electron chi connectivity index (χ0n) is 14.5. The first-order valence-corrected chi connectivity index (χ1v) is 7.61. The Hall–Kier alpha value is -2.17. The number of Topliss-reactive ketones (excluding diaryl/α,β-unsaturated/α-hetero) is 1. The molecule has 0 radical (unpaired) electrons. The first-order valence-electron chi connectivity index (χ1n) is 7.61. The zero-order chi connectivity index (χ0) is 17.7. The molecule has 0 bridgehead atoms. The molecule has 1 atom stereocenters. The summed E-state index contributed by atoms with van der Waals surface area (Å²) < 4.78 is 5.32. The van der Waals surface area contributed by atoms with Crippen molar-refractivity contribution >= 4 is 5.78 Å². The van der Waals surface area contributed by atoms with E-state index >= 15 is 0 Å². The fourth-order valence-electron chi connectivity index (χ4n) is 2.65. The van der Waals surface area contributed by atoms with E-state index in [9.17, 15) is 15.0 Å². The SMILES string of the molecule is CC(C)(C)c1cc([C@H]2OC(N)=C(O)C2=O)cc(C(C)(C)C)c1O. The largest absolute Gasteiger partial charge is 0.507 e. The maximum atomic E-state index is 12.1. The lowest BCUT2D eigenvalue weighted by molar-refractivity contribution is -0.123. The van der Waals surface area contributed by atoms with Crippen molar-refractivity contribution in [3.05, 3.63) is 40.5 Å². The van der Waals surface area contributed by atoms with E-state index in [1.807, 2.05) is 41.5 Å². The zero-order valence-corrected chi connectivity index (χ0v) is 14.5. The maximum absolute atomic E-state index is 12.1. The quantitative estimate of drug-likeness (QED) is 0.738. The van der Waals surface area contributed by atoms with Crippen molar-refractivity contribution in [3.63, 3.8) is 0 Å². The Bertz CT molecular complexity index is 655.